The zero-order chi connectivity index (χ0) is 18.4. The van der Waals surface area contributed by atoms with Gasteiger partial charge >= 0.3 is 0 Å². The summed E-state index contributed by atoms with van der Waals surface area (Å²) in [6.45, 7) is 1.83. The summed E-state index contributed by atoms with van der Waals surface area (Å²) in [6, 6.07) is 11.3. The van der Waals surface area contributed by atoms with Crippen LogP contribution in [0.3, 0.4) is 0 Å². The largest absolute Gasteiger partial charge is 0.351 e. The predicted octanol–water partition coefficient (Wildman–Crippen LogP) is 0.724. The van der Waals surface area contributed by atoms with Crippen molar-refractivity contribution in [3.05, 3.63) is 48.3 Å². The average Bonchev–Trinajstić information content (AvgIpc) is 3.29. The normalized spacial score (nSPS) is 11.0. The van der Waals surface area contributed by atoms with Crippen LogP contribution in [0.15, 0.2) is 42.6 Å². The molecular weight excluding hydrogens is 332 g/mol. The van der Waals surface area contributed by atoms with Crippen molar-refractivity contribution in [3.63, 3.8) is 0 Å². The van der Waals surface area contributed by atoms with E-state index in [-0.39, 0.29) is 12.6 Å². The summed E-state index contributed by atoms with van der Waals surface area (Å²) in [7, 11) is 4.01. The van der Waals surface area contributed by atoms with E-state index in [4.69, 9.17) is 0 Å². The van der Waals surface area contributed by atoms with Crippen molar-refractivity contribution in [3.8, 4) is 11.4 Å². The van der Waals surface area contributed by atoms with Gasteiger partial charge in [0.1, 0.15) is 5.69 Å². The molecule has 0 aliphatic rings. The fourth-order valence-corrected chi connectivity index (χ4v) is 2.38. The van der Waals surface area contributed by atoms with Gasteiger partial charge in [-0.15, -0.1) is 15.0 Å². The Kier molecular flexibility index (Phi) is 5.69. The van der Waals surface area contributed by atoms with E-state index in [2.05, 4.69) is 30.7 Å². The second-order valence-corrected chi connectivity index (χ2v) is 6.15. The molecule has 1 aromatic carbocycles. The van der Waals surface area contributed by atoms with Crippen LogP contribution in [0, 0.1) is 0 Å². The van der Waals surface area contributed by atoms with E-state index in [9.17, 15) is 4.79 Å². The minimum Gasteiger partial charge on any atom is -0.351 e. The molecule has 1 N–H and O–H groups in total. The van der Waals surface area contributed by atoms with E-state index < -0.39 is 0 Å². The first-order chi connectivity index (χ1) is 12.6. The van der Waals surface area contributed by atoms with Gasteiger partial charge in [0.05, 0.1) is 0 Å². The minimum atomic E-state index is -0.181. The molecule has 0 bridgehead atoms. The van der Waals surface area contributed by atoms with Crippen molar-refractivity contribution >= 4 is 5.91 Å². The molecule has 0 spiro atoms. The fraction of sp³-hybridized carbons (Fsp3) is 0.353. The first-order valence-electron chi connectivity index (χ1n) is 8.41. The molecule has 0 fully saturated rings. The molecule has 3 rings (SSSR count). The lowest BCUT2D eigenvalue weighted by Crippen LogP contribution is -2.27. The van der Waals surface area contributed by atoms with E-state index in [1.807, 2.05) is 44.4 Å². The predicted molar refractivity (Wildman–Crippen MR) is 96.4 cm³/mol. The third-order valence-electron chi connectivity index (χ3n) is 3.70. The Labute approximate surface area is 151 Å². The smallest absolute Gasteiger partial charge is 0.271 e. The van der Waals surface area contributed by atoms with Crippen LogP contribution in [0.5, 0.6) is 0 Å². The molecule has 3 aromatic rings. The molecule has 1 amide bonds. The number of carbonyl (C=O) groups excluding carboxylic acids is 1. The van der Waals surface area contributed by atoms with E-state index in [1.165, 1.54) is 4.80 Å². The molecule has 0 saturated carbocycles. The summed E-state index contributed by atoms with van der Waals surface area (Å²) < 4.78 is 1.60. The number of amides is 1. The third kappa shape index (κ3) is 4.73. The Morgan fingerprint density at radius 2 is 1.96 bits per heavy atom. The lowest BCUT2D eigenvalue weighted by molar-refractivity contribution is 0.0946. The molecule has 0 aliphatic carbocycles. The van der Waals surface area contributed by atoms with Crippen LogP contribution in [0.25, 0.3) is 11.4 Å². The van der Waals surface area contributed by atoms with Crippen LogP contribution in [-0.2, 0) is 6.67 Å². The number of nitrogens with one attached hydrogen (secondary N) is 1. The summed E-state index contributed by atoms with van der Waals surface area (Å²) in [5.41, 5.74) is 1.27. The zero-order valence-electron chi connectivity index (χ0n) is 14.9. The lowest BCUT2D eigenvalue weighted by Gasteiger charge is -2.09. The van der Waals surface area contributed by atoms with Crippen molar-refractivity contribution in [1.29, 1.82) is 0 Å². The van der Waals surface area contributed by atoms with Crippen LogP contribution >= 0.6 is 0 Å². The maximum absolute atomic E-state index is 12.1. The highest BCUT2D eigenvalue weighted by molar-refractivity contribution is 5.92. The number of aromatic nitrogens is 6. The van der Waals surface area contributed by atoms with E-state index >= 15 is 0 Å². The van der Waals surface area contributed by atoms with Crippen LogP contribution in [0.2, 0.25) is 0 Å². The van der Waals surface area contributed by atoms with Crippen LogP contribution in [-0.4, -0.2) is 68.0 Å². The van der Waals surface area contributed by atoms with Gasteiger partial charge in [0.2, 0.25) is 5.82 Å². The molecule has 0 aliphatic heterocycles. The van der Waals surface area contributed by atoms with Crippen LogP contribution in [0.1, 0.15) is 16.9 Å². The maximum Gasteiger partial charge on any atom is 0.271 e. The molecule has 136 valence electrons. The number of nitrogens with zero attached hydrogens (tertiary/aromatic N) is 7. The number of hydrogen-bond acceptors (Lipinski definition) is 6. The van der Waals surface area contributed by atoms with Gasteiger partial charge in [-0.05, 0) is 38.3 Å². The van der Waals surface area contributed by atoms with Crippen LogP contribution < -0.4 is 5.32 Å². The quantitative estimate of drug-likeness (QED) is 0.599. The second-order valence-electron chi connectivity index (χ2n) is 6.15. The molecule has 9 heteroatoms. The second kappa shape index (κ2) is 8.34. The van der Waals surface area contributed by atoms with Gasteiger partial charge in [0.15, 0.2) is 6.67 Å². The summed E-state index contributed by atoms with van der Waals surface area (Å²) >= 11 is 0. The standard InChI is InChI=1S/C17H22N8O/c1-23(2)11-6-10-18-17(26)15-9-12-24(20-15)13-25-21-16(19-22-25)14-7-4-3-5-8-14/h3-5,7-9,12H,6,10-11,13H2,1-2H3,(H,18,26). The topological polar surface area (TPSA) is 93.8 Å². The van der Waals surface area contributed by atoms with Crippen molar-refractivity contribution in [2.75, 3.05) is 27.2 Å². The molecular formula is C17H22N8O. The van der Waals surface area contributed by atoms with Gasteiger partial charge in [0, 0.05) is 18.3 Å². The van der Waals surface area contributed by atoms with Gasteiger partial charge in [0.25, 0.3) is 5.91 Å². The minimum absolute atomic E-state index is 0.181. The molecule has 9 nitrogen and oxygen atoms in total. The van der Waals surface area contributed by atoms with Gasteiger partial charge in [-0.3, -0.25) is 4.79 Å². The number of benzene rings is 1. The highest BCUT2D eigenvalue weighted by atomic mass is 16.1. The fourth-order valence-electron chi connectivity index (χ4n) is 2.38. The SMILES string of the molecule is CN(C)CCCNC(=O)c1ccn(Cn2nnc(-c3ccccc3)n2)n1. The van der Waals surface area contributed by atoms with E-state index in [0.29, 0.717) is 18.1 Å². The Morgan fingerprint density at radius 1 is 1.15 bits per heavy atom. The molecule has 0 atom stereocenters. The number of rotatable bonds is 8. The third-order valence-corrected chi connectivity index (χ3v) is 3.70. The maximum atomic E-state index is 12.1. The Bertz CT molecular complexity index is 839. The molecule has 0 radical (unpaired) electrons. The zero-order valence-corrected chi connectivity index (χ0v) is 14.9. The average molecular weight is 354 g/mol. The first-order valence-corrected chi connectivity index (χ1v) is 8.41. The summed E-state index contributed by atoms with van der Waals surface area (Å²) in [4.78, 5) is 15.6. The van der Waals surface area contributed by atoms with E-state index in [0.717, 1.165) is 18.5 Å². The lowest BCUT2D eigenvalue weighted by atomic mass is 10.2. The molecule has 26 heavy (non-hydrogen) atoms. The van der Waals surface area contributed by atoms with Gasteiger partial charge in [-0.1, -0.05) is 30.3 Å². The molecule has 2 heterocycles. The summed E-state index contributed by atoms with van der Waals surface area (Å²) in [6.07, 6.45) is 2.62. The first kappa shape index (κ1) is 17.7. The number of carbonyl (C=O) groups is 1. The van der Waals surface area contributed by atoms with Gasteiger partial charge < -0.3 is 10.2 Å². The summed E-state index contributed by atoms with van der Waals surface area (Å²) in [5.74, 6) is 0.371. The number of hydrogen-bond donors (Lipinski definition) is 1. The monoisotopic (exact) mass is 354 g/mol. The van der Waals surface area contributed by atoms with Crippen molar-refractivity contribution in [2.45, 2.75) is 13.1 Å². The van der Waals surface area contributed by atoms with Crippen molar-refractivity contribution in [2.24, 2.45) is 0 Å². The highest BCUT2D eigenvalue weighted by Gasteiger charge is 2.10. The van der Waals surface area contributed by atoms with Crippen molar-refractivity contribution in [1.82, 2.24) is 40.2 Å². The highest BCUT2D eigenvalue weighted by Crippen LogP contribution is 2.11. The Morgan fingerprint density at radius 3 is 2.73 bits per heavy atom. The molecule has 0 unspecified atom stereocenters. The van der Waals surface area contributed by atoms with E-state index in [1.54, 1.807) is 16.9 Å². The molecule has 2 aromatic heterocycles. The van der Waals surface area contributed by atoms with Crippen molar-refractivity contribution < 1.29 is 4.79 Å². The van der Waals surface area contributed by atoms with Crippen LogP contribution in [0.4, 0.5) is 0 Å². The van der Waals surface area contributed by atoms with Gasteiger partial charge in [-0.2, -0.15) is 5.10 Å². The summed E-state index contributed by atoms with van der Waals surface area (Å²) in [5, 5.41) is 19.5. The molecule has 0 saturated heterocycles. The Hall–Kier alpha value is -3.07. The number of tetrazole rings is 1. The Balaban J connectivity index is 1.55. The van der Waals surface area contributed by atoms with Gasteiger partial charge in [-0.25, -0.2) is 4.68 Å².